The van der Waals surface area contributed by atoms with Gasteiger partial charge in [0, 0.05) is 17.8 Å². The summed E-state index contributed by atoms with van der Waals surface area (Å²) in [5.41, 5.74) is 0.950. The highest BCUT2D eigenvalue weighted by molar-refractivity contribution is 5.89. The van der Waals surface area contributed by atoms with E-state index in [0.717, 1.165) is 37.8 Å². The minimum atomic E-state index is -0.928. The van der Waals surface area contributed by atoms with Crippen molar-refractivity contribution < 1.29 is 13.6 Å². The van der Waals surface area contributed by atoms with Gasteiger partial charge in [0.15, 0.2) is 11.6 Å². The van der Waals surface area contributed by atoms with Crippen LogP contribution in [0.3, 0.4) is 0 Å². The first-order valence-corrected chi connectivity index (χ1v) is 8.36. The van der Waals surface area contributed by atoms with Crippen LogP contribution in [0.1, 0.15) is 32.1 Å². The van der Waals surface area contributed by atoms with E-state index in [2.05, 4.69) is 20.9 Å². The second-order valence-corrected chi connectivity index (χ2v) is 6.12. The lowest BCUT2D eigenvalue weighted by Gasteiger charge is -2.22. The molecule has 0 bridgehead atoms. The summed E-state index contributed by atoms with van der Waals surface area (Å²) >= 11 is 0. The number of urea groups is 1. The molecule has 0 unspecified atom stereocenters. The molecule has 132 valence electrons. The van der Waals surface area contributed by atoms with Crippen molar-refractivity contribution in [2.24, 2.45) is 0 Å². The van der Waals surface area contributed by atoms with Crippen molar-refractivity contribution in [1.82, 2.24) is 10.3 Å². The van der Waals surface area contributed by atoms with Gasteiger partial charge in [-0.25, -0.2) is 18.6 Å². The third-order valence-electron chi connectivity index (χ3n) is 4.15. The fraction of sp³-hybridized carbons (Fsp3) is 0.333. The number of hydrogen-bond acceptors (Lipinski definition) is 3. The molecular weight excluding hydrogens is 326 g/mol. The van der Waals surface area contributed by atoms with Crippen LogP contribution in [-0.4, -0.2) is 17.1 Å². The normalized spacial score (nSPS) is 14.8. The van der Waals surface area contributed by atoms with Crippen LogP contribution in [0.5, 0.6) is 0 Å². The van der Waals surface area contributed by atoms with E-state index in [-0.39, 0.29) is 12.1 Å². The van der Waals surface area contributed by atoms with Crippen molar-refractivity contribution in [3.8, 4) is 0 Å². The molecule has 3 N–H and O–H groups in total. The Labute approximate surface area is 144 Å². The van der Waals surface area contributed by atoms with Crippen molar-refractivity contribution in [2.45, 2.75) is 38.1 Å². The van der Waals surface area contributed by atoms with E-state index >= 15 is 0 Å². The van der Waals surface area contributed by atoms with Gasteiger partial charge in [0.25, 0.3) is 0 Å². The molecule has 1 heterocycles. The second-order valence-electron chi connectivity index (χ2n) is 6.12. The topological polar surface area (TPSA) is 66.0 Å². The largest absolute Gasteiger partial charge is 0.340 e. The Balaban J connectivity index is 1.54. The molecule has 2 amide bonds. The summed E-state index contributed by atoms with van der Waals surface area (Å²) in [6, 6.07) is 6.85. The van der Waals surface area contributed by atoms with E-state index in [4.69, 9.17) is 0 Å². The van der Waals surface area contributed by atoms with Gasteiger partial charge in [0.2, 0.25) is 0 Å². The van der Waals surface area contributed by atoms with Gasteiger partial charge in [-0.3, -0.25) is 0 Å². The van der Waals surface area contributed by atoms with Gasteiger partial charge in [-0.1, -0.05) is 19.3 Å². The number of nitrogens with one attached hydrogen (secondary N) is 3. The van der Waals surface area contributed by atoms with Crippen LogP contribution in [-0.2, 0) is 0 Å². The van der Waals surface area contributed by atoms with Crippen LogP contribution in [0.4, 0.5) is 30.8 Å². The second kappa shape index (κ2) is 7.92. The molecule has 1 aromatic heterocycles. The zero-order valence-electron chi connectivity index (χ0n) is 13.7. The molecule has 5 nitrogen and oxygen atoms in total. The van der Waals surface area contributed by atoms with Gasteiger partial charge in [0.1, 0.15) is 5.82 Å². The molecular formula is C18H20F2N4O. The predicted molar refractivity (Wildman–Crippen MR) is 92.9 cm³/mol. The maximum Gasteiger partial charge on any atom is 0.319 e. The Morgan fingerprint density at radius 2 is 1.76 bits per heavy atom. The first-order chi connectivity index (χ1) is 12.1. The summed E-state index contributed by atoms with van der Waals surface area (Å²) in [6.07, 6.45) is 7.07. The van der Waals surface area contributed by atoms with Crippen molar-refractivity contribution in [3.63, 3.8) is 0 Å². The number of carbonyl (C=O) groups is 1. The lowest BCUT2D eigenvalue weighted by molar-refractivity contribution is 0.244. The molecule has 1 aromatic carbocycles. The fourth-order valence-electron chi connectivity index (χ4n) is 2.86. The maximum absolute atomic E-state index is 13.2. The maximum atomic E-state index is 13.2. The third kappa shape index (κ3) is 4.89. The molecule has 0 atom stereocenters. The molecule has 25 heavy (non-hydrogen) atoms. The van der Waals surface area contributed by atoms with E-state index in [1.54, 1.807) is 12.1 Å². The molecule has 1 fully saturated rings. The Morgan fingerprint density at radius 1 is 1.00 bits per heavy atom. The number of pyridine rings is 1. The van der Waals surface area contributed by atoms with E-state index < -0.39 is 11.6 Å². The number of aromatic nitrogens is 1. The number of rotatable bonds is 4. The van der Waals surface area contributed by atoms with Crippen LogP contribution in [0.2, 0.25) is 0 Å². The van der Waals surface area contributed by atoms with Crippen molar-refractivity contribution in [2.75, 3.05) is 10.6 Å². The Kier molecular flexibility index (Phi) is 5.42. The van der Waals surface area contributed by atoms with Gasteiger partial charge < -0.3 is 16.0 Å². The van der Waals surface area contributed by atoms with Gasteiger partial charge in [-0.15, -0.1) is 0 Å². The lowest BCUT2D eigenvalue weighted by atomic mass is 9.96. The van der Waals surface area contributed by atoms with E-state index in [1.807, 2.05) is 0 Å². The number of carbonyl (C=O) groups excluding carboxylic acids is 1. The SMILES string of the molecule is O=C(Nc1ccc(Nc2ccc(F)c(F)c2)nc1)NC1CCCCC1. The lowest BCUT2D eigenvalue weighted by Crippen LogP contribution is -2.39. The Morgan fingerprint density at radius 3 is 2.44 bits per heavy atom. The minimum Gasteiger partial charge on any atom is -0.340 e. The zero-order chi connectivity index (χ0) is 17.6. The Bertz CT molecular complexity index is 730. The Hall–Kier alpha value is -2.70. The molecule has 1 aliphatic rings. The molecule has 1 aliphatic carbocycles. The van der Waals surface area contributed by atoms with Crippen LogP contribution >= 0.6 is 0 Å². The smallest absolute Gasteiger partial charge is 0.319 e. The summed E-state index contributed by atoms with van der Waals surface area (Å²) in [7, 11) is 0. The van der Waals surface area contributed by atoms with Gasteiger partial charge >= 0.3 is 6.03 Å². The first-order valence-electron chi connectivity index (χ1n) is 8.36. The van der Waals surface area contributed by atoms with Gasteiger partial charge in [0.05, 0.1) is 11.9 Å². The number of amides is 2. The monoisotopic (exact) mass is 346 g/mol. The van der Waals surface area contributed by atoms with Gasteiger partial charge in [-0.05, 0) is 37.1 Å². The highest BCUT2D eigenvalue weighted by Gasteiger charge is 2.15. The molecule has 3 rings (SSSR count). The fourth-order valence-corrected chi connectivity index (χ4v) is 2.86. The summed E-state index contributed by atoms with van der Waals surface area (Å²) < 4.78 is 26.1. The minimum absolute atomic E-state index is 0.232. The van der Waals surface area contributed by atoms with E-state index in [0.29, 0.717) is 17.2 Å². The number of halogens is 2. The number of benzene rings is 1. The first kappa shape index (κ1) is 17.1. The van der Waals surface area contributed by atoms with Gasteiger partial charge in [-0.2, -0.15) is 0 Å². The van der Waals surface area contributed by atoms with E-state index in [9.17, 15) is 13.6 Å². The molecule has 0 spiro atoms. The zero-order valence-corrected chi connectivity index (χ0v) is 13.7. The van der Waals surface area contributed by atoms with Crippen LogP contribution in [0, 0.1) is 11.6 Å². The van der Waals surface area contributed by atoms with E-state index in [1.165, 1.54) is 18.7 Å². The van der Waals surface area contributed by atoms with Crippen molar-refractivity contribution >= 4 is 23.2 Å². The standard InChI is InChI=1S/C18H20F2N4O/c19-15-8-6-13(10-16(15)20)22-17-9-7-14(11-21-17)24-18(25)23-12-4-2-1-3-5-12/h6-12H,1-5H2,(H,21,22)(H2,23,24,25). The third-order valence-corrected chi connectivity index (χ3v) is 4.15. The van der Waals surface area contributed by atoms with Crippen molar-refractivity contribution in [3.05, 3.63) is 48.2 Å². The van der Waals surface area contributed by atoms with Crippen LogP contribution < -0.4 is 16.0 Å². The molecule has 2 aromatic rings. The molecule has 7 heteroatoms. The molecule has 0 saturated heterocycles. The number of anilines is 3. The van der Waals surface area contributed by atoms with Crippen molar-refractivity contribution in [1.29, 1.82) is 0 Å². The quantitative estimate of drug-likeness (QED) is 0.760. The summed E-state index contributed by atoms with van der Waals surface area (Å²) in [5, 5.41) is 8.58. The predicted octanol–water partition coefficient (Wildman–Crippen LogP) is 4.56. The summed E-state index contributed by atoms with van der Waals surface area (Å²) in [6.45, 7) is 0. The summed E-state index contributed by atoms with van der Waals surface area (Å²) in [4.78, 5) is 16.1. The highest BCUT2D eigenvalue weighted by Crippen LogP contribution is 2.19. The van der Waals surface area contributed by atoms with Crippen LogP contribution in [0.15, 0.2) is 36.5 Å². The number of hydrogen-bond donors (Lipinski definition) is 3. The molecule has 0 radical (unpaired) electrons. The molecule has 1 saturated carbocycles. The summed E-state index contributed by atoms with van der Waals surface area (Å²) in [5.74, 6) is -1.37. The molecule has 0 aliphatic heterocycles. The highest BCUT2D eigenvalue weighted by atomic mass is 19.2. The van der Waals surface area contributed by atoms with Crippen LogP contribution in [0.25, 0.3) is 0 Å². The average molecular weight is 346 g/mol. The average Bonchev–Trinajstić information content (AvgIpc) is 2.61. The number of nitrogens with zero attached hydrogens (tertiary/aromatic N) is 1.